The first-order valence-corrected chi connectivity index (χ1v) is 6.30. The van der Waals surface area contributed by atoms with Crippen LogP contribution in [0.5, 0.6) is 0 Å². The quantitative estimate of drug-likeness (QED) is 0.779. The maximum atomic E-state index is 11.7. The van der Waals surface area contributed by atoms with Crippen molar-refractivity contribution in [2.75, 3.05) is 6.54 Å². The molecular formula is C12H21N3O. The molecule has 0 atom stereocenters. The summed E-state index contributed by atoms with van der Waals surface area (Å²) in [5, 5.41) is 0. The molecule has 2 rings (SSSR count). The van der Waals surface area contributed by atoms with E-state index in [4.69, 9.17) is 5.73 Å². The van der Waals surface area contributed by atoms with Gasteiger partial charge in [-0.2, -0.15) is 4.99 Å². The van der Waals surface area contributed by atoms with Crippen molar-refractivity contribution in [1.29, 1.82) is 0 Å². The maximum absolute atomic E-state index is 11.7. The van der Waals surface area contributed by atoms with Crippen molar-refractivity contribution in [3.63, 3.8) is 0 Å². The highest BCUT2D eigenvalue weighted by atomic mass is 16.2. The van der Waals surface area contributed by atoms with Crippen LogP contribution in [0.4, 0.5) is 4.79 Å². The molecule has 4 heteroatoms. The summed E-state index contributed by atoms with van der Waals surface area (Å²) in [6.07, 6.45) is 5.53. The molecule has 1 aliphatic carbocycles. The van der Waals surface area contributed by atoms with Crippen molar-refractivity contribution in [1.82, 2.24) is 4.90 Å². The molecule has 1 fully saturated rings. The smallest absolute Gasteiger partial charge is 0.346 e. The van der Waals surface area contributed by atoms with Crippen molar-refractivity contribution in [3.05, 3.63) is 0 Å². The van der Waals surface area contributed by atoms with Gasteiger partial charge in [0.15, 0.2) is 0 Å². The van der Waals surface area contributed by atoms with Crippen LogP contribution in [0.15, 0.2) is 4.99 Å². The van der Waals surface area contributed by atoms with E-state index in [-0.39, 0.29) is 11.6 Å². The summed E-state index contributed by atoms with van der Waals surface area (Å²) in [7, 11) is 0. The number of carbonyl (C=O) groups excluding carboxylic acids is 1. The standard InChI is InChI=1S/C12H21N3O/c1-3-9-5-7-12(8-6-9)10(13)14-11(16)15(12)4-2/h9H,3-8H2,1-2H3,(H2,13,14,16). The fourth-order valence-corrected chi connectivity index (χ4v) is 3.12. The number of aliphatic imine (C=N–C) groups is 1. The Morgan fingerprint density at radius 1 is 1.44 bits per heavy atom. The van der Waals surface area contributed by atoms with Gasteiger partial charge in [0, 0.05) is 6.54 Å². The molecule has 0 aromatic rings. The van der Waals surface area contributed by atoms with Crippen molar-refractivity contribution >= 4 is 11.9 Å². The first-order valence-electron chi connectivity index (χ1n) is 6.30. The van der Waals surface area contributed by atoms with Crippen LogP contribution in [0.3, 0.4) is 0 Å². The molecule has 0 radical (unpaired) electrons. The summed E-state index contributed by atoms with van der Waals surface area (Å²) in [6.45, 7) is 4.94. The van der Waals surface area contributed by atoms with E-state index in [0.717, 1.165) is 31.6 Å². The lowest BCUT2D eigenvalue weighted by atomic mass is 9.74. The molecule has 0 bridgehead atoms. The molecule has 90 valence electrons. The van der Waals surface area contributed by atoms with E-state index in [1.54, 1.807) is 0 Å². The molecule has 0 aromatic carbocycles. The van der Waals surface area contributed by atoms with Crippen molar-refractivity contribution in [2.24, 2.45) is 16.6 Å². The predicted molar refractivity (Wildman–Crippen MR) is 64.4 cm³/mol. The Balaban J connectivity index is 2.18. The summed E-state index contributed by atoms with van der Waals surface area (Å²) in [4.78, 5) is 17.5. The largest absolute Gasteiger partial charge is 0.385 e. The van der Waals surface area contributed by atoms with Crippen LogP contribution in [0, 0.1) is 5.92 Å². The number of urea groups is 1. The number of hydrogen-bond donors (Lipinski definition) is 1. The summed E-state index contributed by atoms with van der Waals surface area (Å²) in [5.74, 6) is 1.35. The normalized spacial score (nSPS) is 34.6. The molecule has 1 heterocycles. The number of amidine groups is 1. The van der Waals surface area contributed by atoms with Gasteiger partial charge in [0.1, 0.15) is 11.4 Å². The van der Waals surface area contributed by atoms with Gasteiger partial charge < -0.3 is 10.6 Å². The molecule has 0 aromatic heterocycles. The predicted octanol–water partition coefficient (Wildman–Crippen LogP) is 2.14. The fourth-order valence-electron chi connectivity index (χ4n) is 3.12. The Kier molecular flexibility index (Phi) is 2.91. The second-order valence-electron chi connectivity index (χ2n) is 4.91. The number of amides is 2. The first-order chi connectivity index (χ1) is 7.64. The van der Waals surface area contributed by atoms with Crippen molar-refractivity contribution in [2.45, 2.75) is 51.5 Å². The second-order valence-corrected chi connectivity index (χ2v) is 4.91. The zero-order valence-corrected chi connectivity index (χ0v) is 10.2. The molecule has 0 unspecified atom stereocenters. The molecule has 0 saturated heterocycles. The topological polar surface area (TPSA) is 58.7 Å². The highest BCUT2D eigenvalue weighted by Crippen LogP contribution is 2.40. The van der Waals surface area contributed by atoms with E-state index in [9.17, 15) is 4.79 Å². The minimum atomic E-state index is -0.239. The van der Waals surface area contributed by atoms with Crippen molar-refractivity contribution in [3.8, 4) is 0 Å². The Labute approximate surface area is 96.9 Å². The summed E-state index contributed by atoms with van der Waals surface area (Å²) in [5.41, 5.74) is 5.74. The molecule has 4 nitrogen and oxygen atoms in total. The summed E-state index contributed by atoms with van der Waals surface area (Å²) < 4.78 is 0. The maximum Gasteiger partial charge on any atom is 0.346 e. The third-order valence-electron chi connectivity index (χ3n) is 4.27. The van der Waals surface area contributed by atoms with Gasteiger partial charge in [-0.05, 0) is 38.5 Å². The van der Waals surface area contributed by atoms with Gasteiger partial charge >= 0.3 is 6.03 Å². The van der Waals surface area contributed by atoms with E-state index in [2.05, 4.69) is 11.9 Å². The number of nitrogens with zero attached hydrogens (tertiary/aromatic N) is 2. The SMILES string of the molecule is CCC1CCC2(CC1)C(N)=NC(=O)N2CC. The van der Waals surface area contributed by atoms with E-state index in [1.807, 2.05) is 11.8 Å². The van der Waals surface area contributed by atoms with Crippen LogP contribution in [0.1, 0.15) is 46.0 Å². The number of carbonyl (C=O) groups is 1. The molecular weight excluding hydrogens is 202 g/mol. The lowest BCUT2D eigenvalue weighted by molar-refractivity contribution is 0.129. The van der Waals surface area contributed by atoms with Gasteiger partial charge in [-0.1, -0.05) is 13.3 Å². The number of hydrogen-bond acceptors (Lipinski definition) is 2. The monoisotopic (exact) mass is 223 g/mol. The molecule has 16 heavy (non-hydrogen) atoms. The zero-order chi connectivity index (χ0) is 11.8. The van der Waals surface area contributed by atoms with Gasteiger partial charge in [-0.15, -0.1) is 0 Å². The van der Waals surface area contributed by atoms with E-state index in [0.29, 0.717) is 12.4 Å². The Bertz CT molecular complexity index is 316. The second kappa shape index (κ2) is 4.07. The highest BCUT2D eigenvalue weighted by Gasteiger charge is 2.49. The third kappa shape index (κ3) is 1.51. The molecule has 2 aliphatic rings. The minimum absolute atomic E-state index is 0.144. The Morgan fingerprint density at radius 3 is 2.56 bits per heavy atom. The number of nitrogens with two attached hydrogens (primary N) is 1. The Hall–Kier alpha value is -1.06. The average Bonchev–Trinajstić information content (AvgIpc) is 2.52. The number of likely N-dealkylation sites (N-methyl/N-ethyl adjacent to an activating group) is 1. The minimum Gasteiger partial charge on any atom is -0.385 e. The summed E-state index contributed by atoms with van der Waals surface area (Å²) >= 11 is 0. The van der Waals surface area contributed by atoms with Crippen LogP contribution < -0.4 is 5.73 Å². The lowest BCUT2D eigenvalue weighted by Crippen LogP contribution is -2.55. The molecule has 1 saturated carbocycles. The molecule has 1 spiro atoms. The van der Waals surface area contributed by atoms with Gasteiger partial charge in [-0.3, -0.25) is 0 Å². The van der Waals surface area contributed by atoms with E-state index < -0.39 is 0 Å². The molecule has 2 amide bonds. The van der Waals surface area contributed by atoms with Crippen LogP contribution in [0.25, 0.3) is 0 Å². The van der Waals surface area contributed by atoms with Gasteiger partial charge in [0.05, 0.1) is 0 Å². The third-order valence-corrected chi connectivity index (χ3v) is 4.27. The van der Waals surface area contributed by atoms with Gasteiger partial charge in [-0.25, -0.2) is 4.79 Å². The summed E-state index contributed by atoms with van der Waals surface area (Å²) in [6, 6.07) is -0.144. The first kappa shape index (κ1) is 11.4. The van der Waals surface area contributed by atoms with E-state index >= 15 is 0 Å². The fraction of sp³-hybridized carbons (Fsp3) is 0.833. The molecule has 2 N–H and O–H groups in total. The van der Waals surface area contributed by atoms with Crippen LogP contribution in [0.2, 0.25) is 0 Å². The highest BCUT2D eigenvalue weighted by molar-refractivity contribution is 6.05. The van der Waals surface area contributed by atoms with Gasteiger partial charge in [0.2, 0.25) is 0 Å². The Morgan fingerprint density at radius 2 is 2.06 bits per heavy atom. The molecule has 1 aliphatic heterocycles. The van der Waals surface area contributed by atoms with E-state index in [1.165, 1.54) is 6.42 Å². The van der Waals surface area contributed by atoms with Crippen molar-refractivity contribution < 1.29 is 4.79 Å². The van der Waals surface area contributed by atoms with Crippen LogP contribution in [-0.2, 0) is 0 Å². The number of rotatable bonds is 2. The lowest BCUT2D eigenvalue weighted by Gasteiger charge is -2.42. The van der Waals surface area contributed by atoms with Crippen LogP contribution >= 0.6 is 0 Å². The average molecular weight is 223 g/mol. The van der Waals surface area contributed by atoms with Gasteiger partial charge in [0.25, 0.3) is 0 Å². The van der Waals surface area contributed by atoms with Crippen LogP contribution in [-0.4, -0.2) is 28.9 Å². The zero-order valence-electron chi connectivity index (χ0n) is 10.2.